The van der Waals surface area contributed by atoms with Crippen molar-refractivity contribution in [3.63, 3.8) is 0 Å². The van der Waals surface area contributed by atoms with E-state index in [1.807, 2.05) is 6.07 Å². The Kier molecular flexibility index (Phi) is 6.01. The van der Waals surface area contributed by atoms with Crippen molar-refractivity contribution in [2.75, 3.05) is 0 Å². The van der Waals surface area contributed by atoms with Crippen molar-refractivity contribution in [2.45, 2.75) is 69.8 Å². The molecule has 0 fully saturated rings. The topological polar surface area (TPSA) is 75.2 Å². The molecular formula is C17H28N2O3SSi. The molecule has 0 spiro atoms. The van der Waals surface area contributed by atoms with Crippen molar-refractivity contribution in [1.82, 2.24) is 9.97 Å². The van der Waals surface area contributed by atoms with Crippen LogP contribution in [0.1, 0.15) is 47.2 Å². The van der Waals surface area contributed by atoms with Crippen LogP contribution in [0.15, 0.2) is 23.2 Å². The van der Waals surface area contributed by atoms with Gasteiger partial charge in [0.25, 0.3) is 0 Å². The van der Waals surface area contributed by atoms with E-state index in [4.69, 9.17) is 8.98 Å². The predicted octanol–water partition coefficient (Wildman–Crippen LogP) is 4.84. The molecule has 1 unspecified atom stereocenters. The van der Waals surface area contributed by atoms with Gasteiger partial charge in [-0.15, -0.1) is 0 Å². The smallest absolute Gasteiger partial charge is 0.205 e. The molecule has 5 nitrogen and oxygen atoms in total. The predicted molar refractivity (Wildman–Crippen MR) is 101 cm³/mol. The highest BCUT2D eigenvalue weighted by Crippen LogP contribution is 2.42. The molecule has 134 valence electrons. The van der Waals surface area contributed by atoms with Crippen molar-refractivity contribution in [1.29, 1.82) is 0 Å². The third kappa shape index (κ3) is 3.64. The maximum Gasteiger partial charge on any atom is 0.205 e. The van der Waals surface area contributed by atoms with Crippen LogP contribution in [0.5, 0.6) is 0 Å². The summed E-state index contributed by atoms with van der Waals surface area (Å²) < 4.78 is 26.9. The molecule has 1 atom stereocenters. The molecule has 2 N–H and O–H groups in total. The number of fused-ring (bicyclic) bond motifs is 1. The summed E-state index contributed by atoms with van der Waals surface area (Å²) in [7, 11) is -1.92. The molecular weight excluding hydrogens is 340 g/mol. The maximum atomic E-state index is 11.2. The van der Waals surface area contributed by atoms with Gasteiger partial charge in [-0.2, -0.15) is 0 Å². The van der Waals surface area contributed by atoms with Crippen LogP contribution in [-0.4, -0.2) is 27.0 Å². The molecule has 0 aliphatic heterocycles. The van der Waals surface area contributed by atoms with Crippen molar-refractivity contribution >= 4 is 30.4 Å². The zero-order valence-corrected chi connectivity index (χ0v) is 17.1. The summed E-state index contributed by atoms with van der Waals surface area (Å²) in [5.41, 5.74) is 4.10. The average Bonchev–Trinajstić information content (AvgIpc) is 2.88. The standard InChI is InChI=1S/C17H28N2O3SSi/c1-11(2)24(12(3)4,13(5)6)22-10-14-9-16-15(18-14)7-8-17(19-16)23(20)21/h7-9,11-13,18H,10H2,1-6H3,(H,20,21). The first-order chi connectivity index (χ1) is 11.2. The molecule has 0 amide bonds. The molecule has 7 heteroatoms. The third-order valence-electron chi connectivity index (χ3n) is 4.87. The van der Waals surface area contributed by atoms with E-state index in [9.17, 15) is 4.21 Å². The minimum atomic E-state index is -2.06. The molecule has 24 heavy (non-hydrogen) atoms. The fraction of sp³-hybridized carbons (Fsp3) is 0.588. The van der Waals surface area contributed by atoms with Crippen LogP contribution in [0.3, 0.4) is 0 Å². The minimum Gasteiger partial charge on any atom is -0.410 e. The van der Waals surface area contributed by atoms with Gasteiger partial charge < -0.3 is 14.0 Å². The fourth-order valence-corrected chi connectivity index (χ4v) is 9.69. The summed E-state index contributed by atoms with van der Waals surface area (Å²) in [6.45, 7) is 14.1. The Balaban J connectivity index is 2.26. The Labute approximate surface area is 147 Å². The van der Waals surface area contributed by atoms with Crippen molar-refractivity contribution < 1.29 is 13.2 Å². The van der Waals surface area contributed by atoms with Gasteiger partial charge in [-0.3, -0.25) is 0 Å². The summed E-state index contributed by atoms with van der Waals surface area (Å²) in [5.74, 6) is 0. The average molecular weight is 369 g/mol. The second-order valence-electron chi connectivity index (χ2n) is 7.23. The lowest BCUT2D eigenvalue weighted by molar-refractivity contribution is 0.262. The van der Waals surface area contributed by atoms with Gasteiger partial charge in [0.2, 0.25) is 19.4 Å². The molecule has 2 aromatic heterocycles. The first-order valence-electron chi connectivity index (χ1n) is 8.42. The summed E-state index contributed by atoms with van der Waals surface area (Å²) in [5, 5.41) is 0.171. The Morgan fingerprint density at radius 2 is 1.75 bits per heavy atom. The van der Waals surface area contributed by atoms with Crippen LogP contribution < -0.4 is 0 Å². The molecule has 0 aliphatic rings. The van der Waals surface area contributed by atoms with Gasteiger partial charge in [0.05, 0.1) is 17.6 Å². The van der Waals surface area contributed by atoms with Gasteiger partial charge >= 0.3 is 0 Å². The summed E-state index contributed by atoms with van der Waals surface area (Å²) in [6.07, 6.45) is 0. The Bertz CT molecular complexity index is 706. The van der Waals surface area contributed by atoms with Gasteiger partial charge in [-0.25, -0.2) is 9.19 Å². The van der Waals surface area contributed by atoms with E-state index >= 15 is 0 Å². The van der Waals surface area contributed by atoms with E-state index in [0.29, 0.717) is 28.7 Å². The van der Waals surface area contributed by atoms with Crippen molar-refractivity contribution in [2.24, 2.45) is 0 Å². The second kappa shape index (κ2) is 7.47. The van der Waals surface area contributed by atoms with E-state index in [-0.39, 0.29) is 5.03 Å². The first kappa shape index (κ1) is 19.3. The monoisotopic (exact) mass is 368 g/mol. The molecule has 2 rings (SSSR count). The molecule has 0 saturated heterocycles. The molecule has 0 aromatic carbocycles. The van der Waals surface area contributed by atoms with E-state index in [2.05, 4.69) is 51.5 Å². The number of hydrogen-bond acceptors (Lipinski definition) is 3. The molecule has 0 saturated carbocycles. The van der Waals surface area contributed by atoms with Gasteiger partial charge in [0, 0.05) is 5.69 Å². The maximum absolute atomic E-state index is 11.2. The number of aromatic amines is 1. The van der Waals surface area contributed by atoms with Gasteiger partial charge in [0.15, 0.2) is 5.03 Å². The van der Waals surface area contributed by atoms with Crippen LogP contribution in [-0.2, 0) is 22.1 Å². The van der Waals surface area contributed by atoms with Gasteiger partial charge in [0.1, 0.15) is 0 Å². The quantitative estimate of drug-likeness (QED) is 0.542. The Morgan fingerprint density at radius 3 is 2.25 bits per heavy atom. The molecule has 0 bridgehead atoms. The number of nitrogens with zero attached hydrogens (tertiary/aromatic N) is 1. The summed E-state index contributed by atoms with van der Waals surface area (Å²) in [6, 6.07) is 5.26. The number of H-pyrrole nitrogens is 1. The molecule has 0 radical (unpaired) electrons. The number of nitrogens with one attached hydrogen (secondary N) is 1. The molecule has 0 aliphatic carbocycles. The third-order valence-corrected chi connectivity index (χ3v) is 11.5. The Hall–Kier alpha value is -1.02. The molecule has 2 heterocycles. The largest absolute Gasteiger partial charge is 0.410 e. The summed E-state index contributed by atoms with van der Waals surface area (Å²) in [4.78, 5) is 7.52. The highest BCUT2D eigenvalue weighted by Gasteiger charge is 2.45. The van der Waals surface area contributed by atoms with Crippen molar-refractivity contribution in [3.05, 3.63) is 23.9 Å². The zero-order chi connectivity index (χ0) is 18.1. The number of hydrogen-bond donors (Lipinski definition) is 2. The first-order valence-corrected chi connectivity index (χ1v) is 11.7. The second-order valence-corrected chi connectivity index (χ2v) is 13.6. The fourth-order valence-electron chi connectivity index (χ4n) is 3.92. The summed E-state index contributed by atoms with van der Waals surface area (Å²) >= 11 is -2.06. The number of aromatic nitrogens is 2. The number of rotatable bonds is 7. The number of pyridine rings is 1. The van der Waals surface area contributed by atoms with Crippen LogP contribution in [0.4, 0.5) is 0 Å². The van der Waals surface area contributed by atoms with Crippen LogP contribution in [0.25, 0.3) is 11.0 Å². The van der Waals surface area contributed by atoms with Crippen molar-refractivity contribution in [3.8, 4) is 0 Å². The Morgan fingerprint density at radius 1 is 1.17 bits per heavy atom. The van der Waals surface area contributed by atoms with Gasteiger partial charge in [-0.1, -0.05) is 41.5 Å². The van der Waals surface area contributed by atoms with E-state index in [1.54, 1.807) is 12.1 Å². The lowest BCUT2D eigenvalue weighted by Gasteiger charge is -2.42. The van der Waals surface area contributed by atoms with E-state index in [0.717, 1.165) is 11.2 Å². The van der Waals surface area contributed by atoms with Crippen LogP contribution in [0, 0.1) is 0 Å². The van der Waals surface area contributed by atoms with E-state index in [1.165, 1.54) is 0 Å². The lowest BCUT2D eigenvalue weighted by atomic mass is 10.4. The highest BCUT2D eigenvalue weighted by molar-refractivity contribution is 7.79. The SMILES string of the molecule is CC(C)[Si](OCc1cc2nc(S(=O)O)ccc2[nH]1)(C(C)C)C(C)C. The lowest BCUT2D eigenvalue weighted by Crippen LogP contribution is -2.47. The minimum absolute atomic E-state index is 0.171. The molecule has 2 aromatic rings. The highest BCUT2D eigenvalue weighted by atomic mass is 32.2. The van der Waals surface area contributed by atoms with Gasteiger partial charge in [-0.05, 0) is 34.8 Å². The van der Waals surface area contributed by atoms with Crippen LogP contribution >= 0.6 is 0 Å². The normalized spacial score (nSPS) is 14.2. The van der Waals surface area contributed by atoms with Crippen LogP contribution in [0.2, 0.25) is 16.6 Å². The zero-order valence-electron chi connectivity index (χ0n) is 15.3. The van der Waals surface area contributed by atoms with E-state index < -0.39 is 19.4 Å².